The van der Waals surface area contributed by atoms with Gasteiger partial charge >= 0.3 is 29.8 Å². The van der Waals surface area contributed by atoms with Crippen molar-refractivity contribution >= 4 is 88.9 Å². The molecule has 1 heterocycles. The van der Waals surface area contributed by atoms with E-state index in [0.717, 1.165) is 6.20 Å². The molecule has 1 rings (SSSR count). The number of aliphatic carboxylic acids is 5. The third-order valence-corrected chi connectivity index (χ3v) is 14.1. The number of nitrogens with one attached hydrogen (secondary N) is 10. The Morgan fingerprint density at radius 2 is 0.817 bits per heavy atom. The van der Waals surface area contributed by atoms with Crippen molar-refractivity contribution in [1.29, 1.82) is 0 Å². The monoisotopic (exact) mass is 1330 g/mol. The molecule has 0 aliphatic carbocycles. The molecular weight excluding hydrogens is 1240 g/mol. The molecule has 0 saturated carbocycles. The van der Waals surface area contributed by atoms with Crippen LogP contribution in [-0.2, 0) is 91.3 Å². The molecule has 0 aliphatic heterocycles. The van der Waals surface area contributed by atoms with Crippen LogP contribution in [0.5, 0.6) is 5.75 Å². The lowest BCUT2D eigenvalue weighted by Gasteiger charge is -2.28. The minimum absolute atomic E-state index is 0.000804. The molecule has 24 N–H and O–H groups in total. The first-order valence-corrected chi connectivity index (χ1v) is 29.6. The summed E-state index contributed by atoms with van der Waals surface area (Å²) in [5.74, 6) is -21.9. The van der Waals surface area contributed by atoms with Gasteiger partial charge in [-0.1, -0.05) is 55.4 Å². The summed E-state index contributed by atoms with van der Waals surface area (Å²) in [6.45, 7) is 7.72. The molecule has 1 aromatic heterocycles. The molecule has 3 unspecified atom stereocenters. The van der Waals surface area contributed by atoms with Crippen molar-refractivity contribution < 1.29 is 117 Å². The number of pyridine rings is 1. The Labute approximate surface area is 534 Å². The molecule has 10 amide bonds. The highest BCUT2D eigenvalue weighted by Gasteiger charge is 2.37. The van der Waals surface area contributed by atoms with Crippen LogP contribution < -0.4 is 74.9 Å². The van der Waals surface area contributed by atoms with E-state index in [9.17, 15) is 113 Å². The lowest BCUT2D eigenvalue weighted by Crippen LogP contribution is -2.60. The highest BCUT2D eigenvalue weighted by Crippen LogP contribution is 2.24. The summed E-state index contributed by atoms with van der Waals surface area (Å²) in [6, 6.07) is -18.2. The van der Waals surface area contributed by atoms with Gasteiger partial charge in [-0.05, 0) is 49.4 Å². The number of hydrogen-bond donors (Lipinski definition) is 21. The Kier molecular flexibility index (Phi) is 35.1. The zero-order valence-corrected chi connectivity index (χ0v) is 52.9. The summed E-state index contributed by atoms with van der Waals surface area (Å²) in [7, 11) is 0. The van der Waals surface area contributed by atoms with Gasteiger partial charge in [0.2, 0.25) is 65.3 Å². The fraction of sp³-hybridized carbons (Fsp3) is 0.643. The van der Waals surface area contributed by atoms with Crippen molar-refractivity contribution in [2.75, 3.05) is 26.3 Å². The maximum Gasteiger partial charge on any atom is 0.326 e. The number of aromatic nitrogens is 1. The molecule has 37 heteroatoms. The third kappa shape index (κ3) is 28.9. The maximum atomic E-state index is 14.6. The van der Waals surface area contributed by atoms with Crippen molar-refractivity contribution in [3.63, 3.8) is 0 Å². The topological polar surface area (TPSA) is 620 Å². The standard InChI is InChI=1S/C56H90N14O23/c1-24(2)42(68-46(80)31(58)16-40(76)77)52(86)62-33(50(84)64-35(22-71)48(82)60-18-38(74)66-44(26(5)6)55(90)91)13-12-28-20-70(14-10-9-11-30(57)54(88)89)21-37(73)29(28)15-34(63-53(87)43(25(3)4)69-47(81)32(59)17-41(78)79)51(85)65-36(23-72)49(83)61-19-39(75)67-45(27(7)8)56(92)93/h20-21,24-27,30-36,42-45,71-72H,9-19,22-23,57-59H2,1-8H3,(H15-,60,61,62,63,64,65,66,67,68,69,73,74,75,76,77,78,79,80,81,82,83,84,85,86,87,88,89,90,91,92,93)/p+1/t30?,31-,32-,33?,34?,35-,36-,42-,43-,44-,45-/m0/s1. The van der Waals surface area contributed by atoms with Crippen LogP contribution in [0.2, 0.25) is 0 Å². The minimum Gasteiger partial charge on any atom is -0.503 e. The van der Waals surface area contributed by atoms with E-state index in [0.29, 0.717) is 0 Å². The van der Waals surface area contributed by atoms with Crippen LogP contribution >= 0.6 is 0 Å². The molecule has 0 saturated heterocycles. The Morgan fingerprint density at radius 3 is 1.18 bits per heavy atom. The fourth-order valence-corrected chi connectivity index (χ4v) is 8.72. The van der Waals surface area contributed by atoms with E-state index in [2.05, 4.69) is 53.2 Å². The van der Waals surface area contributed by atoms with Gasteiger partial charge in [-0.15, -0.1) is 0 Å². The number of unbranched alkanes of at least 4 members (excludes halogenated alkanes) is 1. The van der Waals surface area contributed by atoms with Gasteiger partial charge < -0.3 is 111 Å². The Bertz CT molecular complexity index is 2840. The molecule has 0 bridgehead atoms. The second-order valence-electron chi connectivity index (χ2n) is 23.2. The van der Waals surface area contributed by atoms with Crippen LogP contribution in [0, 0.1) is 23.7 Å². The maximum absolute atomic E-state index is 14.6. The number of aliphatic hydroxyl groups excluding tert-OH is 2. The number of carbonyl (C=O) groups is 15. The van der Waals surface area contributed by atoms with Crippen LogP contribution in [0.1, 0.15) is 105 Å². The lowest BCUT2D eigenvalue weighted by atomic mass is 9.94. The van der Waals surface area contributed by atoms with Gasteiger partial charge in [0, 0.05) is 24.0 Å². The molecular formula is C56H91N14O23+. The van der Waals surface area contributed by atoms with Gasteiger partial charge in [0.25, 0.3) is 0 Å². The lowest BCUT2D eigenvalue weighted by molar-refractivity contribution is -0.698. The van der Waals surface area contributed by atoms with Crippen molar-refractivity contribution in [3.8, 4) is 5.75 Å². The smallest absolute Gasteiger partial charge is 0.326 e. The molecule has 522 valence electrons. The summed E-state index contributed by atoms with van der Waals surface area (Å²) in [5, 5.41) is 102. The number of rotatable bonds is 43. The highest BCUT2D eigenvalue weighted by atomic mass is 16.4. The first-order valence-electron chi connectivity index (χ1n) is 29.6. The number of nitrogens with zero attached hydrogens (tertiary/aromatic N) is 1. The van der Waals surface area contributed by atoms with E-state index in [1.807, 2.05) is 0 Å². The Balaban J connectivity index is 4.24. The second-order valence-corrected chi connectivity index (χ2v) is 23.2. The highest BCUT2D eigenvalue weighted by molar-refractivity contribution is 5.98. The van der Waals surface area contributed by atoms with Crippen molar-refractivity contribution in [2.45, 2.75) is 180 Å². The minimum atomic E-state index is -1.98. The zero-order chi connectivity index (χ0) is 71.3. The van der Waals surface area contributed by atoms with E-state index in [1.165, 1.54) is 66.2 Å². The SMILES string of the molecule is CC(C)[C@H](NC(=O)CNC(=O)[C@H](CO)NC(=O)C(CCc1c[n+](CCCCC(N)C(=O)O)cc(O)c1CC(NC(=O)[C@@H](NC(=O)[C@@H](N)CC(=O)O)C(C)C)C(=O)N[C@@H](CO)C(=O)NCC(=O)N[C@H](C(=O)O)C(C)C)NC(=O)[C@@H](NC(=O)[C@@H](N)CC(=O)O)C(C)C)C(=O)O. The predicted molar refractivity (Wildman–Crippen MR) is 321 cm³/mol. The number of aromatic hydroxyl groups is 1. The second kappa shape index (κ2) is 39.9. The van der Waals surface area contributed by atoms with Gasteiger partial charge in [-0.2, -0.15) is 0 Å². The molecule has 0 spiro atoms. The quantitative estimate of drug-likeness (QED) is 0.0213. The number of carboxylic acids is 5. The molecule has 0 aromatic carbocycles. The summed E-state index contributed by atoms with van der Waals surface area (Å²) < 4.78 is 1.39. The van der Waals surface area contributed by atoms with Crippen LogP contribution in [-0.4, -0.2) is 223 Å². The van der Waals surface area contributed by atoms with Gasteiger partial charge in [-0.3, -0.25) is 62.3 Å². The number of carbonyl (C=O) groups excluding carboxylic acids is 10. The van der Waals surface area contributed by atoms with Gasteiger partial charge in [-0.25, -0.2) is 14.2 Å². The molecule has 93 heavy (non-hydrogen) atoms. The van der Waals surface area contributed by atoms with E-state index in [-0.39, 0.29) is 36.9 Å². The van der Waals surface area contributed by atoms with Gasteiger partial charge in [0.1, 0.15) is 60.9 Å². The van der Waals surface area contributed by atoms with Crippen molar-refractivity contribution in [3.05, 3.63) is 23.5 Å². The summed E-state index contributed by atoms with van der Waals surface area (Å²) in [4.78, 5) is 194. The molecule has 11 atom stereocenters. The zero-order valence-electron chi connectivity index (χ0n) is 52.9. The number of aliphatic hydroxyl groups is 2. The van der Waals surface area contributed by atoms with Gasteiger partial charge in [0.05, 0.1) is 51.2 Å². The average Bonchev–Trinajstić information content (AvgIpc) is 0.840. The van der Waals surface area contributed by atoms with E-state index >= 15 is 0 Å². The third-order valence-electron chi connectivity index (χ3n) is 14.1. The van der Waals surface area contributed by atoms with Crippen molar-refractivity contribution in [2.24, 2.45) is 40.9 Å². The van der Waals surface area contributed by atoms with E-state index in [4.69, 9.17) is 17.2 Å². The largest absolute Gasteiger partial charge is 0.503 e. The van der Waals surface area contributed by atoms with Crippen LogP contribution in [0.15, 0.2) is 12.4 Å². The summed E-state index contributed by atoms with van der Waals surface area (Å²) in [6.07, 6.45) is -0.717. The molecule has 0 fully saturated rings. The average molecular weight is 1330 g/mol. The molecule has 1 aromatic rings. The number of aryl methyl sites for hydroxylation is 2. The fourth-order valence-electron chi connectivity index (χ4n) is 8.72. The molecule has 37 nitrogen and oxygen atoms in total. The van der Waals surface area contributed by atoms with Crippen molar-refractivity contribution in [1.82, 2.24) is 53.2 Å². The first kappa shape index (κ1) is 81.8. The van der Waals surface area contributed by atoms with Crippen LogP contribution in [0.25, 0.3) is 0 Å². The Morgan fingerprint density at radius 1 is 0.430 bits per heavy atom. The summed E-state index contributed by atoms with van der Waals surface area (Å²) in [5.41, 5.74) is 17.0. The van der Waals surface area contributed by atoms with E-state index in [1.54, 1.807) is 0 Å². The number of nitrogens with two attached hydrogens (primary N) is 3. The molecule has 0 radical (unpaired) electrons. The van der Waals surface area contributed by atoms with E-state index < -0.39 is 243 Å². The summed E-state index contributed by atoms with van der Waals surface area (Å²) >= 11 is 0. The normalized spacial score (nSPS) is 14.8. The first-order chi connectivity index (χ1) is 43.3. The predicted octanol–water partition coefficient (Wildman–Crippen LogP) is -7.77. The van der Waals surface area contributed by atoms with Gasteiger partial charge in [0.15, 0.2) is 11.9 Å². The number of carboxylic acid groups (broad SMARTS) is 5. The molecule has 0 aliphatic rings. The van der Waals surface area contributed by atoms with Crippen LogP contribution in [0.4, 0.5) is 0 Å². The Hall–Kier alpha value is -9.20. The number of amides is 10. The van der Waals surface area contributed by atoms with Crippen LogP contribution in [0.3, 0.4) is 0 Å². The number of hydrogen-bond acceptors (Lipinski definition) is 21.